The standard InChI is InChI=1S/C21H27N7/c1-28-8-5-15(6-9-28)11-24-19-3-2-16(12-25-19)13-26-20-10-17-4-7-23-21(22)18(17)14-27-20/h2-4,7,10,12,14-15H,5-6,8-9,11,13H2,1H3,(H2,22,23)(H,24,25)(H,26,27). The Labute approximate surface area is 165 Å². The van der Waals surface area contributed by atoms with Crippen LogP contribution in [0.5, 0.6) is 0 Å². The van der Waals surface area contributed by atoms with E-state index in [0.717, 1.165) is 40.4 Å². The molecule has 1 saturated heterocycles. The number of nitrogen functional groups attached to an aromatic ring is 1. The van der Waals surface area contributed by atoms with Crippen LogP contribution in [0, 0.1) is 5.92 Å². The van der Waals surface area contributed by atoms with Crippen LogP contribution < -0.4 is 16.4 Å². The van der Waals surface area contributed by atoms with Gasteiger partial charge in [0.15, 0.2) is 0 Å². The maximum Gasteiger partial charge on any atom is 0.132 e. The lowest BCUT2D eigenvalue weighted by Crippen LogP contribution is -2.33. The molecule has 4 N–H and O–H groups in total. The van der Waals surface area contributed by atoms with Crippen molar-refractivity contribution in [1.29, 1.82) is 0 Å². The SMILES string of the molecule is CN1CCC(CNc2ccc(CNc3cc4ccnc(N)c4cn3)cn2)CC1. The van der Waals surface area contributed by atoms with Gasteiger partial charge in [0.2, 0.25) is 0 Å². The molecule has 146 valence electrons. The van der Waals surface area contributed by atoms with Gasteiger partial charge in [0.1, 0.15) is 17.5 Å². The quantitative estimate of drug-likeness (QED) is 0.608. The van der Waals surface area contributed by atoms with E-state index in [1.165, 1.54) is 25.9 Å². The average molecular weight is 377 g/mol. The lowest BCUT2D eigenvalue weighted by molar-refractivity contribution is 0.226. The Hall–Kier alpha value is -2.93. The van der Waals surface area contributed by atoms with Gasteiger partial charge in [-0.25, -0.2) is 15.0 Å². The second kappa shape index (κ2) is 8.39. The molecular weight excluding hydrogens is 350 g/mol. The molecule has 1 aliphatic heterocycles. The fourth-order valence-electron chi connectivity index (χ4n) is 3.53. The monoisotopic (exact) mass is 377 g/mol. The number of nitrogens with zero attached hydrogens (tertiary/aromatic N) is 4. The van der Waals surface area contributed by atoms with Crippen molar-refractivity contribution in [3.05, 3.63) is 48.4 Å². The topological polar surface area (TPSA) is 92.0 Å². The molecule has 0 saturated carbocycles. The lowest BCUT2D eigenvalue weighted by Gasteiger charge is -2.29. The molecule has 0 radical (unpaired) electrons. The number of anilines is 3. The molecule has 0 amide bonds. The average Bonchev–Trinajstić information content (AvgIpc) is 2.73. The molecular formula is C21H27N7. The van der Waals surface area contributed by atoms with Crippen molar-refractivity contribution in [3.63, 3.8) is 0 Å². The normalized spacial score (nSPS) is 15.6. The molecule has 1 fully saturated rings. The second-order valence-electron chi connectivity index (χ2n) is 7.52. The first kappa shape index (κ1) is 18.4. The Morgan fingerprint density at radius 3 is 2.64 bits per heavy atom. The molecule has 3 aromatic rings. The van der Waals surface area contributed by atoms with Crippen molar-refractivity contribution in [2.24, 2.45) is 5.92 Å². The largest absolute Gasteiger partial charge is 0.383 e. The van der Waals surface area contributed by atoms with Crippen LogP contribution in [0.15, 0.2) is 42.9 Å². The predicted molar refractivity (Wildman–Crippen MR) is 114 cm³/mol. The number of aromatic nitrogens is 3. The number of likely N-dealkylation sites (tertiary alicyclic amines) is 1. The molecule has 0 aromatic carbocycles. The molecule has 0 unspecified atom stereocenters. The van der Waals surface area contributed by atoms with Crippen LogP contribution in [0.1, 0.15) is 18.4 Å². The number of nitrogens with two attached hydrogens (primary N) is 1. The summed E-state index contributed by atoms with van der Waals surface area (Å²) < 4.78 is 0. The zero-order chi connectivity index (χ0) is 19.3. The molecule has 28 heavy (non-hydrogen) atoms. The summed E-state index contributed by atoms with van der Waals surface area (Å²) in [6.07, 6.45) is 7.89. The Morgan fingerprint density at radius 1 is 1.04 bits per heavy atom. The second-order valence-corrected chi connectivity index (χ2v) is 7.52. The molecule has 0 spiro atoms. The number of fused-ring (bicyclic) bond motifs is 1. The predicted octanol–water partition coefficient (Wildman–Crippen LogP) is 2.97. The summed E-state index contributed by atoms with van der Waals surface area (Å²) in [6, 6.07) is 8.06. The van der Waals surface area contributed by atoms with Crippen molar-refractivity contribution in [1.82, 2.24) is 19.9 Å². The van der Waals surface area contributed by atoms with Crippen LogP contribution in [0.25, 0.3) is 10.8 Å². The van der Waals surface area contributed by atoms with Gasteiger partial charge >= 0.3 is 0 Å². The van der Waals surface area contributed by atoms with Gasteiger partial charge in [-0.05, 0) is 68.0 Å². The van der Waals surface area contributed by atoms with E-state index in [9.17, 15) is 0 Å². The first-order valence-electron chi connectivity index (χ1n) is 9.79. The van der Waals surface area contributed by atoms with Crippen molar-refractivity contribution in [2.75, 3.05) is 43.0 Å². The molecule has 3 aromatic heterocycles. The van der Waals surface area contributed by atoms with Gasteiger partial charge in [0.05, 0.1) is 0 Å². The summed E-state index contributed by atoms with van der Waals surface area (Å²) in [4.78, 5) is 15.4. The number of pyridine rings is 3. The third-order valence-corrected chi connectivity index (χ3v) is 5.39. The van der Waals surface area contributed by atoms with Crippen LogP contribution in [0.4, 0.5) is 17.5 Å². The summed E-state index contributed by atoms with van der Waals surface area (Å²) in [6.45, 7) is 4.05. The van der Waals surface area contributed by atoms with E-state index in [-0.39, 0.29) is 0 Å². The van der Waals surface area contributed by atoms with E-state index in [4.69, 9.17) is 5.73 Å². The third kappa shape index (κ3) is 4.48. The van der Waals surface area contributed by atoms with Crippen LogP contribution in [-0.4, -0.2) is 46.5 Å². The highest BCUT2D eigenvalue weighted by atomic mass is 15.1. The Morgan fingerprint density at radius 2 is 1.86 bits per heavy atom. The van der Waals surface area contributed by atoms with Gasteiger partial charge in [-0.2, -0.15) is 0 Å². The Kier molecular flexibility index (Phi) is 5.53. The van der Waals surface area contributed by atoms with Gasteiger partial charge in [0.25, 0.3) is 0 Å². The summed E-state index contributed by atoms with van der Waals surface area (Å²) in [5.41, 5.74) is 6.99. The van der Waals surface area contributed by atoms with Crippen molar-refractivity contribution in [2.45, 2.75) is 19.4 Å². The van der Waals surface area contributed by atoms with Crippen LogP contribution >= 0.6 is 0 Å². The first-order valence-corrected chi connectivity index (χ1v) is 9.79. The molecule has 0 bridgehead atoms. The van der Waals surface area contributed by atoms with Gasteiger partial charge in [-0.1, -0.05) is 6.07 Å². The van der Waals surface area contributed by atoms with E-state index in [0.29, 0.717) is 12.4 Å². The zero-order valence-electron chi connectivity index (χ0n) is 16.2. The van der Waals surface area contributed by atoms with Gasteiger partial charge < -0.3 is 21.3 Å². The lowest BCUT2D eigenvalue weighted by atomic mass is 9.97. The van der Waals surface area contributed by atoms with Gasteiger partial charge in [-0.3, -0.25) is 0 Å². The molecule has 0 atom stereocenters. The fraction of sp³-hybridized carbons (Fsp3) is 0.381. The highest BCUT2D eigenvalue weighted by Gasteiger charge is 2.16. The van der Waals surface area contributed by atoms with E-state index in [1.54, 1.807) is 12.4 Å². The van der Waals surface area contributed by atoms with Crippen LogP contribution in [-0.2, 0) is 6.54 Å². The van der Waals surface area contributed by atoms with Gasteiger partial charge in [0, 0.05) is 37.1 Å². The molecule has 0 aliphatic carbocycles. The summed E-state index contributed by atoms with van der Waals surface area (Å²) in [7, 11) is 2.19. The Bertz CT molecular complexity index is 918. The maximum atomic E-state index is 5.88. The Balaban J connectivity index is 1.30. The van der Waals surface area contributed by atoms with E-state index >= 15 is 0 Å². The molecule has 1 aliphatic rings. The number of nitrogens with one attached hydrogen (secondary N) is 2. The summed E-state index contributed by atoms with van der Waals surface area (Å²) in [5.74, 6) is 2.99. The van der Waals surface area contributed by atoms with Crippen LogP contribution in [0.2, 0.25) is 0 Å². The van der Waals surface area contributed by atoms with E-state index < -0.39 is 0 Å². The van der Waals surface area contributed by atoms with E-state index in [1.807, 2.05) is 24.4 Å². The van der Waals surface area contributed by atoms with Crippen LogP contribution in [0.3, 0.4) is 0 Å². The zero-order valence-corrected chi connectivity index (χ0v) is 16.2. The number of piperidine rings is 1. The summed E-state index contributed by atoms with van der Waals surface area (Å²) >= 11 is 0. The highest BCUT2D eigenvalue weighted by molar-refractivity contribution is 5.91. The number of rotatable bonds is 6. The smallest absolute Gasteiger partial charge is 0.132 e. The first-order chi connectivity index (χ1) is 13.7. The molecule has 7 heteroatoms. The van der Waals surface area contributed by atoms with E-state index in [2.05, 4.69) is 43.6 Å². The minimum absolute atomic E-state index is 0.504. The number of hydrogen-bond donors (Lipinski definition) is 3. The minimum Gasteiger partial charge on any atom is -0.383 e. The molecule has 7 nitrogen and oxygen atoms in total. The fourth-order valence-corrected chi connectivity index (χ4v) is 3.53. The van der Waals surface area contributed by atoms with Gasteiger partial charge in [-0.15, -0.1) is 0 Å². The van der Waals surface area contributed by atoms with Crippen molar-refractivity contribution < 1.29 is 0 Å². The third-order valence-electron chi connectivity index (χ3n) is 5.39. The minimum atomic E-state index is 0.504. The van der Waals surface area contributed by atoms with Crippen molar-refractivity contribution in [3.8, 4) is 0 Å². The molecule has 4 rings (SSSR count). The summed E-state index contributed by atoms with van der Waals surface area (Å²) in [5, 5.41) is 8.71. The molecule has 4 heterocycles. The maximum absolute atomic E-state index is 5.88. The highest BCUT2D eigenvalue weighted by Crippen LogP contribution is 2.21. The number of hydrogen-bond acceptors (Lipinski definition) is 7. The van der Waals surface area contributed by atoms with Crippen molar-refractivity contribution >= 4 is 28.2 Å².